The summed E-state index contributed by atoms with van der Waals surface area (Å²) in [5.74, 6) is -1.20. The van der Waals surface area contributed by atoms with Gasteiger partial charge in [-0.15, -0.1) is 0 Å². The number of carboxylic acid groups (broad SMARTS) is 1. The fourth-order valence-corrected chi connectivity index (χ4v) is 2.87. The van der Waals surface area contributed by atoms with Crippen LogP contribution in [0.3, 0.4) is 0 Å². The van der Waals surface area contributed by atoms with Gasteiger partial charge in [0.1, 0.15) is 0 Å². The molecule has 1 aliphatic carbocycles. The first kappa shape index (κ1) is 16.2. The van der Waals surface area contributed by atoms with Gasteiger partial charge in [0.05, 0.1) is 11.9 Å². The second kappa shape index (κ2) is 6.11. The van der Waals surface area contributed by atoms with Crippen LogP contribution in [0.25, 0.3) is 0 Å². The van der Waals surface area contributed by atoms with E-state index in [2.05, 4.69) is 10.4 Å². The monoisotopic (exact) mass is 327 g/mol. The van der Waals surface area contributed by atoms with Crippen LogP contribution in [0.1, 0.15) is 48.2 Å². The molecule has 6 heteroatoms. The molecule has 1 heterocycles. The largest absolute Gasteiger partial charge is 0.479 e. The number of aryl methyl sites for hydroxylation is 2. The van der Waals surface area contributed by atoms with E-state index >= 15 is 0 Å². The Morgan fingerprint density at radius 1 is 1.21 bits per heavy atom. The first-order chi connectivity index (χ1) is 11.4. The van der Waals surface area contributed by atoms with Crippen LogP contribution in [0.15, 0.2) is 30.6 Å². The number of carbonyl (C=O) groups is 2. The summed E-state index contributed by atoms with van der Waals surface area (Å²) in [5.41, 5.74) is 2.49. The topological polar surface area (TPSA) is 84.2 Å². The molecule has 0 bridgehead atoms. The minimum Gasteiger partial charge on any atom is -0.479 e. The van der Waals surface area contributed by atoms with Crippen LogP contribution < -0.4 is 5.32 Å². The summed E-state index contributed by atoms with van der Waals surface area (Å²) >= 11 is 0. The fourth-order valence-electron chi connectivity index (χ4n) is 2.87. The predicted octanol–water partition coefficient (Wildman–Crippen LogP) is 2.83. The number of carbonyl (C=O) groups excluding carboxylic acids is 1. The first-order valence-electron chi connectivity index (χ1n) is 8.09. The molecule has 2 aromatic rings. The molecule has 1 aromatic heterocycles. The Kier molecular flexibility index (Phi) is 4.13. The van der Waals surface area contributed by atoms with Crippen molar-refractivity contribution in [2.24, 2.45) is 0 Å². The number of aliphatic carboxylic acids is 1. The van der Waals surface area contributed by atoms with Crippen LogP contribution >= 0.6 is 0 Å². The molecule has 0 aliphatic heterocycles. The summed E-state index contributed by atoms with van der Waals surface area (Å²) in [6.07, 6.45) is 7.45. The van der Waals surface area contributed by atoms with E-state index < -0.39 is 11.5 Å². The van der Waals surface area contributed by atoms with Crippen molar-refractivity contribution in [3.05, 3.63) is 47.3 Å². The molecule has 3 rings (SSSR count). The van der Waals surface area contributed by atoms with Crippen LogP contribution in [-0.4, -0.2) is 26.8 Å². The lowest BCUT2D eigenvalue weighted by atomic mass is 9.90. The number of nitrogens with zero attached hydrogens (tertiary/aromatic N) is 2. The number of benzene rings is 1. The van der Waals surface area contributed by atoms with Gasteiger partial charge >= 0.3 is 5.97 Å². The molecule has 0 spiro atoms. The van der Waals surface area contributed by atoms with Crippen LogP contribution in [0.2, 0.25) is 0 Å². The smallest absolute Gasteiger partial charge is 0.331 e. The lowest BCUT2D eigenvalue weighted by Crippen LogP contribution is -2.35. The molecule has 0 saturated carbocycles. The number of hydrogen-bond acceptors (Lipinski definition) is 3. The maximum absolute atomic E-state index is 12.4. The van der Waals surface area contributed by atoms with Crippen molar-refractivity contribution < 1.29 is 14.7 Å². The average Bonchev–Trinajstić information content (AvgIpc) is 3.03. The molecule has 6 nitrogen and oxygen atoms in total. The van der Waals surface area contributed by atoms with Gasteiger partial charge in [-0.25, -0.2) is 4.79 Å². The third-order valence-electron chi connectivity index (χ3n) is 4.55. The number of hydrogen-bond donors (Lipinski definition) is 2. The van der Waals surface area contributed by atoms with Crippen LogP contribution in [0.5, 0.6) is 0 Å². The van der Waals surface area contributed by atoms with Gasteiger partial charge in [0, 0.05) is 11.8 Å². The van der Waals surface area contributed by atoms with Crippen molar-refractivity contribution in [1.82, 2.24) is 9.78 Å². The zero-order valence-electron chi connectivity index (χ0n) is 13.9. The number of amides is 1. The second-order valence-corrected chi connectivity index (χ2v) is 6.68. The molecular formula is C18H21N3O3. The second-order valence-electron chi connectivity index (χ2n) is 6.68. The molecule has 1 amide bonds. The minimum absolute atomic E-state index is 0.212. The van der Waals surface area contributed by atoms with Crippen molar-refractivity contribution in [3.63, 3.8) is 0 Å². The highest BCUT2D eigenvalue weighted by atomic mass is 16.4. The summed E-state index contributed by atoms with van der Waals surface area (Å²) in [5, 5.41) is 16.1. The van der Waals surface area contributed by atoms with Crippen molar-refractivity contribution >= 4 is 17.6 Å². The summed E-state index contributed by atoms with van der Waals surface area (Å²) in [4.78, 5) is 23.7. The Balaban J connectivity index is 1.76. The molecule has 126 valence electrons. The van der Waals surface area contributed by atoms with Crippen molar-refractivity contribution in [2.75, 3.05) is 5.32 Å². The highest BCUT2D eigenvalue weighted by Crippen LogP contribution is 2.23. The van der Waals surface area contributed by atoms with E-state index in [-0.39, 0.29) is 5.91 Å². The molecule has 24 heavy (non-hydrogen) atoms. The maximum Gasteiger partial charge on any atom is 0.331 e. The first-order valence-corrected chi connectivity index (χ1v) is 8.09. The molecule has 2 N–H and O–H groups in total. The zero-order valence-corrected chi connectivity index (χ0v) is 13.9. The van der Waals surface area contributed by atoms with Gasteiger partial charge in [-0.2, -0.15) is 5.10 Å². The van der Waals surface area contributed by atoms with Crippen LogP contribution in [-0.2, 0) is 23.2 Å². The predicted molar refractivity (Wildman–Crippen MR) is 90.2 cm³/mol. The van der Waals surface area contributed by atoms with Crippen molar-refractivity contribution in [1.29, 1.82) is 0 Å². The van der Waals surface area contributed by atoms with Gasteiger partial charge in [0.15, 0.2) is 5.54 Å². The van der Waals surface area contributed by atoms with E-state index in [0.717, 1.165) is 19.3 Å². The highest BCUT2D eigenvalue weighted by molar-refractivity contribution is 6.04. The number of nitrogens with one attached hydrogen (secondary N) is 1. The fraction of sp³-hybridized carbons (Fsp3) is 0.389. The quantitative estimate of drug-likeness (QED) is 0.904. The molecule has 1 aromatic carbocycles. The van der Waals surface area contributed by atoms with Crippen molar-refractivity contribution in [2.45, 2.75) is 45.1 Å². The van der Waals surface area contributed by atoms with E-state index in [1.807, 2.05) is 18.2 Å². The number of rotatable bonds is 4. The molecular weight excluding hydrogens is 306 g/mol. The molecule has 0 fully saturated rings. The van der Waals surface area contributed by atoms with Gasteiger partial charge in [0.2, 0.25) is 0 Å². The van der Waals surface area contributed by atoms with E-state index in [1.54, 1.807) is 13.8 Å². The van der Waals surface area contributed by atoms with Crippen LogP contribution in [0.4, 0.5) is 5.69 Å². The van der Waals surface area contributed by atoms with Crippen LogP contribution in [0, 0.1) is 0 Å². The van der Waals surface area contributed by atoms with Gasteiger partial charge in [-0.1, -0.05) is 6.07 Å². The molecule has 0 radical (unpaired) electrons. The number of carboxylic acids is 1. The summed E-state index contributed by atoms with van der Waals surface area (Å²) in [6, 6.07) is 5.82. The van der Waals surface area contributed by atoms with E-state index in [4.69, 9.17) is 0 Å². The standard InChI is InChI=1S/C18H21N3O3/c1-18(2,17(23)24)21-11-15(10-19-21)20-16(22)14-8-7-12-5-3-4-6-13(12)9-14/h7-11H,3-6H2,1-2H3,(H,20,22)(H,23,24). The Labute approximate surface area is 140 Å². The normalized spacial score (nSPS) is 14.1. The minimum atomic E-state index is -1.17. The lowest BCUT2D eigenvalue weighted by molar-refractivity contribution is -0.146. The number of anilines is 1. The lowest BCUT2D eigenvalue weighted by Gasteiger charge is -2.19. The summed E-state index contributed by atoms with van der Waals surface area (Å²) in [7, 11) is 0. The molecule has 0 unspecified atom stereocenters. The molecule has 0 atom stereocenters. The molecule has 0 saturated heterocycles. The van der Waals surface area contributed by atoms with E-state index in [1.165, 1.54) is 34.6 Å². The third kappa shape index (κ3) is 3.04. The summed E-state index contributed by atoms with van der Waals surface area (Å²) in [6.45, 7) is 3.11. The third-order valence-corrected chi connectivity index (χ3v) is 4.55. The maximum atomic E-state index is 12.4. The number of aromatic nitrogens is 2. The van der Waals surface area contributed by atoms with Gasteiger partial charge in [0.25, 0.3) is 5.91 Å². The van der Waals surface area contributed by atoms with Crippen molar-refractivity contribution in [3.8, 4) is 0 Å². The van der Waals surface area contributed by atoms with E-state index in [0.29, 0.717) is 11.3 Å². The van der Waals surface area contributed by atoms with Gasteiger partial charge in [-0.3, -0.25) is 9.48 Å². The Bertz CT molecular complexity index is 793. The Hall–Kier alpha value is -2.63. The Morgan fingerprint density at radius 2 is 1.92 bits per heavy atom. The summed E-state index contributed by atoms with van der Waals surface area (Å²) < 4.78 is 1.33. The highest BCUT2D eigenvalue weighted by Gasteiger charge is 2.30. The number of fused-ring (bicyclic) bond motifs is 1. The zero-order chi connectivity index (χ0) is 17.3. The van der Waals surface area contributed by atoms with Gasteiger partial charge < -0.3 is 10.4 Å². The van der Waals surface area contributed by atoms with E-state index in [9.17, 15) is 14.7 Å². The average molecular weight is 327 g/mol. The molecule has 1 aliphatic rings. The Morgan fingerprint density at radius 3 is 2.62 bits per heavy atom. The SMILES string of the molecule is CC(C)(C(=O)O)n1cc(NC(=O)c2ccc3c(c2)CCCC3)cn1. The van der Waals surface area contributed by atoms with Gasteiger partial charge in [-0.05, 0) is 62.8 Å².